The largest absolute Gasteiger partial charge is 0.479 e. The summed E-state index contributed by atoms with van der Waals surface area (Å²) in [6.45, 7) is 6.21. The highest BCUT2D eigenvalue weighted by molar-refractivity contribution is 6.32. The number of para-hydroxylation sites is 1. The first-order valence-corrected chi connectivity index (χ1v) is 7.15. The van der Waals surface area contributed by atoms with Crippen LogP contribution >= 0.6 is 11.6 Å². The average Bonchev–Trinajstić information content (AvgIpc) is 2.81. The summed E-state index contributed by atoms with van der Waals surface area (Å²) < 4.78 is 7.32. The molecule has 0 aliphatic heterocycles. The molecule has 0 aliphatic rings. The zero-order chi connectivity index (χ0) is 15.4. The highest BCUT2D eigenvalue weighted by Gasteiger charge is 2.18. The van der Waals surface area contributed by atoms with Gasteiger partial charge in [0.1, 0.15) is 11.6 Å². The summed E-state index contributed by atoms with van der Waals surface area (Å²) in [6.07, 6.45) is -0.662. The summed E-state index contributed by atoms with van der Waals surface area (Å²) >= 11 is 6.01. The average molecular weight is 308 g/mol. The smallest absolute Gasteiger partial charge is 0.266 e. The molecule has 1 N–H and O–H groups in total. The van der Waals surface area contributed by atoms with Crippen LogP contribution in [0.15, 0.2) is 30.3 Å². The summed E-state index contributed by atoms with van der Waals surface area (Å²) in [5.74, 6) is 0.904. The van der Waals surface area contributed by atoms with Crippen molar-refractivity contribution in [2.75, 3.05) is 5.32 Å². The monoisotopic (exact) mass is 307 g/mol. The minimum absolute atomic E-state index is 0.246. The molecule has 0 bridgehead atoms. The molecule has 0 saturated carbocycles. The molecule has 1 aromatic carbocycles. The topological polar surface area (TPSA) is 56.2 Å². The van der Waals surface area contributed by atoms with Gasteiger partial charge in [-0.05, 0) is 32.9 Å². The number of ether oxygens (including phenoxy) is 1. The van der Waals surface area contributed by atoms with Crippen molar-refractivity contribution in [3.63, 3.8) is 0 Å². The minimum atomic E-state index is -0.662. The van der Waals surface area contributed by atoms with E-state index >= 15 is 0 Å². The first kappa shape index (κ1) is 15.4. The number of aryl methyl sites for hydroxylation is 2. The molecule has 112 valence electrons. The van der Waals surface area contributed by atoms with Crippen LogP contribution in [0.2, 0.25) is 5.02 Å². The number of aromatic nitrogens is 2. The van der Waals surface area contributed by atoms with Crippen molar-refractivity contribution in [2.45, 2.75) is 33.4 Å². The standard InChI is InChI=1S/C15H18ClN3O2/c1-4-19-14(9-10(2)18-19)17-15(20)11(3)21-13-8-6-5-7-12(13)16/h5-9,11H,4H2,1-3H3,(H,17,20). The van der Waals surface area contributed by atoms with Crippen LogP contribution in [0.3, 0.4) is 0 Å². The number of carbonyl (C=O) groups excluding carboxylic acids is 1. The Morgan fingerprint density at radius 1 is 1.48 bits per heavy atom. The molecule has 1 amide bonds. The highest BCUT2D eigenvalue weighted by atomic mass is 35.5. The van der Waals surface area contributed by atoms with E-state index in [1.54, 1.807) is 29.8 Å². The number of anilines is 1. The van der Waals surface area contributed by atoms with Crippen LogP contribution < -0.4 is 10.1 Å². The van der Waals surface area contributed by atoms with E-state index in [9.17, 15) is 4.79 Å². The molecule has 2 aromatic rings. The van der Waals surface area contributed by atoms with Gasteiger partial charge in [0.05, 0.1) is 10.7 Å². The Morgan fingerprint density at radius 2 is 2.19 bits per heavy atom. The van der Waals surface area contributed by atoms with Gasteiger partial charge < -0.3 is 10.1 Å². The van der Waals surface area contributed by atoms with Crippen molar-refractivity contribution in [3.05, 3.63) is 41.0 Å². The minimum Gasteiger partial charge on any atom is -0.479 e. The molecule has 5 nitrogen and oxygen atoms in total. The van der Waals surface area contributed by atoms with Crippen molar-refractivity contribution >= 4 is 23.3 Å². The second kappa shape index (κ2) is 6.63. The molecule has 1 atom stereocenters. The number of amides is 1. The highest BCUT2D eigenvalue weighted by Crippen LogP contribution is 2.24. The summed E-state index contributed by atoms with van der Waals surface area (Å²) in [7, 11) is 0. The SMILES string of the molecule is CCn1nc(C)cc1NC(=O)C(C)Oc1ccccc1Cl. The molecule has 2 rings (SSSR count). The number of halogens is 1. The Hall–Kier alpha value is -2.01. The van der Waals surface area contributed by atoms with E-state index in [1.807, 2.05) is 26.0 Å². The van der Waals surface area contributed by atoms with Crippen molar-refractivity contribution in [1.82, 2.24) is 9.78 Å². The first-order chi connectivity index (χ1) is 10.0. The van der Waals surface area contributed by atoms with E-state index in [0.29, 0.717) is 23.1 Å². The molecule has 1 unspecified atom stereocenters. The van der Waals surface area contributed by atoms with Gasteiger partial charge in [-0.2, -0.15) is 5.10 Å². The molecular formula is C15H18ClN3O2. The van der Waals surface area contributed by atoms with Crippen LogP contribution in [0, 0.1) is 6.92 Å². The summed E-state index contributed by atoms with van der Waals surface area (Å²) in [4.78, 5) is 12.2. The fourth-order valence-electron chi connectivity index (χ4n) is 1.90. The summed E-state index contributed by atoms with van der Waals surface area (Å²) in [5, 5.41) is 7.57. The van der Waals surface area contributed by atoms with Gasteiger partial charge in [-0.15, -0.1) is 0 Å². The van der Waals surface area contributed by atoms with Crippen LogP contribution in [0.25, 0.3) is 0 Å². The van der Waals surface area contributed by atoms with Crippen molar-refractivity contribution in [1.29, 1.82) is 0 Å². The van der Waals surface area contributed by atoms with Crippen LogP contribution in [0.4, 0.5) is 5.82 Å². The maximum Gasteiger partial charge on any atom is 0.266 e. The van der Waals surface area contributed by atoms with E-state index in [0.717, 1.165) is 5.69 Å². The summed E-state index contributed by atoms with van der Waals surface area (Å²) in [6, 6.07) is 8.89. The second-order valence-electron chi connectivity index (χ2n) is 4.67. The lowest BCUT2D eigenvalue weighted by atomic mass is 10.3. The van der Waals surface area contributed by atoms with E-state index in [4.69, 9.17) is 16.3 Å². The molecule has 0 spiro atoms. The zero-order valence-electron chi connectivity index (χ0n) is 12.3. The Balaban J connectivity index is 2.04. The maximum atomic E-state index is 12.2. The fourth-order valence-corrected chi connectivity index (χ4v) is 2.08. The molecule has 0 fully saturated rings. The third kappa shape index (κ3) is 3.76. The number of benzene rings is 1. The Morgan fingerprint density at radius 3 is 2.86 bits per heavy atom. The quantitative estimate of drug-likeness (QED) is 0.922. The number of nitrogens with zero attached hydrogens (tertiary/aromatic N) is 2. The van der Waals surface area contributed by atoms with Gasteiger partial charge in [0, 0.05) is 12.6 Å². The van der Waals surface area contributed by atoms with Crippen molar-refractivity contribution < 1.29 is 9.53 Å². The number of hydrogen-bond donors (Lipinski definition) is 1. The first-order valence-electron chi connectivity index (χ1n) is 6.77. The van der Waals surface area contributed by atoms with Gasteiger partial charge in [-0.1, -0.05) is 23.7 Å². The number of nitrogens with one attached hydrogen (secondary N) is 1. The maximum absolute atomic E-state index is 12.2. The van der Waals surface area contributed by atoms with Crippen LogP contribution in [0.1, 0.15) is 19.5 Å². The van der Waals surface area contributed by atoms with Crippen molar-refractivity contribution in [2.24, 2.45) is 0 Å². The Labute approximate surface area is 128 Å². The molecule has 6 heteroatoms. The van der Waals surface area contributed by atoms with Crippen LogP contribution in [-0.2, 0) is 11.3 Å². The Kier molecular flexibility index (Phi) is 4.85. The lowest BCUT2D eigenvalue weighted by Crippen LogP contribution is -2.31. The van der Waals surface area contributed by atoms with E-state index < -0.39 is 6.10 Å². The lowest BCUT2D eigenvalue weighted by molar-refractivity contribution is -0.122. The second-order valence-corrected chi connectivity index (χ2v) is 5.07. The molecular weight excluding hydrogens is 290 g/mol. The zero-order valence-corrected chi connectivity index (χ0v) is 13.0. The normalized spacial score (nSPS) is 12.0. The van der Waals surface area contributed by atoms with Gasteiger partial charge in [0.25, 0.3) is 5.91 Å². The van der Waals surface area contributed by atoms with E-state index in [-0.39, 0.29) is 5.91 Å². The van der Waals surface area contributed by atoms with Crippen LogP contribution in [0.5, 0.6) is 5.75 Å². The van der Waals surface area contributed by atoms with E-state index in [2.05, 4.69) is 10.4 Å². The summed E-state index contributed by atoms with van der Waals surface area (Å²) in [5.41, 5.74) is 0.854. The number of hydrogen-bond acceptors (Lipinski definition) is 3. The molecule has 21 heavy (non-hydrogen) atoms. The van der Waals surface area contributed by atoms with Crippen molar-refractivity contribution in [3.8, 4) is 5.75 Å². The number of rotatable bonds is 5. The predicted molar refractivity (Wildman–Crippen MR) is 82.8 cm³/mol. The van der Waals surface area contributed by atoms with Gasteiger partial charge in [0.15, 0.2) is 6.10 Å². The molecule has 0 radical (unpaired) electrons. The Bertz CT molecular complexity index is 640. The van der Waals surface area contributed by atoms with Crippen LogP contribution in [-0.4, -0.2) is 21.8 Å². The molecule has 0 saturated heterocycles. The fraction of sp³-hybridized carbons (Fsp3) is 0.333. The van der Waals surface area contributed by atoms with Gasteiger partial charge >= 0.3 is 0 Å². The third-order valence-corrected chi connectivity index (χ3v) is 3.27. The van der Waals surface area contributed by atoms with Gasteiger partial charge in [0.2, 0.25) is 0 Å². The molecule has 1 heterocycles. The lowest BCUT2D eigenvalue weighted by Gasteiger charge is -2.15. The number of carbonyl (C=O) groups is 1. The van der Waals surface area contributed by atoms with Gasteiger partial charge in [-0.3, -0.25) is 4.79 Å². The van der Waals surface area contributed by atoms with Gasteiger partial charge in [-0.25, -0.2) is 4.68 Å². The predicted octanol–water partition coefficient (Wildman–Crippen LogP) is 3.27. The van der Waals surface area contributed by atoms with E-state index in [1.165, 1.54) is 0 Å². The molecule has 1 aromatic heterocycles. The third-order valence-electron chi connectivity index (χ3n) is 2.96. The molecule has 0 aliphatic carbocycles.